The van der Waals surface area contributed by atoms with Crippen molar-refractivity contribution in [2.24, 2.45) is 0 Å². The molecule has 0 radical (unpaired) electrons. The van der Waals surface area contributed by atoms with Crippen LogP contribution in [0.25, 0.3) is 10.9 Å². The molecular weight excluding hydrogens is 342 g/mol. The topological polar surface area (TPSA) is 70.2 Å². The van der Waals surface area contributed by atoms with Crippen LogP contribution in [-0.2, 0) is 11.5 Å². The average Bonchev–Trinajstić information content (AvgIpc) is 2.68. The molecule has 0 amide bonds. The summed E-state index contributed by atoms with van der Waals surface area (Å²) in [5.74, 6) is 0. The molecule has 0 spiro atoms. The Morgan fingerprint density at radius 2 is 2.15 bits per heavy atom. The van der Waals surface area contributed by atoms with E-state index in [1.54, 1.807) is 16.9 Å². The van der Waals surface area contributed by atoms with Crippen molar-refractivity contribution in [3.05, 3.63) is 32.9 Å². The first-order chi connectivity index (χ1) is 9.28. The molecule has 20 heavy (non-hydrogen) atoms. The first-order valence-corrected chi connectivity index (χ1v) is 10.7. The Balaban J connectivity index is 2.26. The zero-order valence-electron chi connectivity index (χ0n) is 11.6. The lowest BCUT2D eigenvalue weighted by Gasteiger charge is -2.15. The molecule has 1 heterocycles. The second-order valence-electron chi connectivity index (χ2n) is 5.80. The molecule has 108 valence electrons. The second kappa shape index (κ2) is 5.62. The fourth-order valence-electron chi connectivity index (χ4n) is 1.77. The Morgan fingerprint density at radius 3 is 2.75 bits per heavy atom. The fraction of sp³-hybridized carbons (Fsp3) is 0.417. The number of nitro groups is 1. The van der Waals surface area contributed by atoms with Gasteiger partial charge < -0.3 is 4.74 Å². The third-order valence-electron chi connectivity index (χ3n) is 2.66. The zero-order valence-corrected chi connectivity index (χ0v) is 14.2. The van der Waals surface area contributed by atoms with E-state index in [9.17, 15) is 10.1 Å². The molecule has 2 rings (SSSR count). The molecule has 0 fully saturated rings. The van der Waals surface area contributed by atoms with Crippen LogP contribution in [0.1, 0.15) is 0 Å². The van der Waals surface area contributed by atoms with Gasteiger partial charge in [0.1, 0.15) is 6.73 Å². The highest BCUT2D eigenvalue weighted by Gasteiger charge is 2.17. The van der Waals surface area contributed by atoms with E-state index in [0.717, 1.165) is 11.6 Å². The highest BCUT2D eigenvalue weighted by molar-refractivity contribution is 9.10. The summed E-state index contributed by atoms with van der Waals surface area (Å²) in [5.41, 5.74) is 0.736. The van der Waals surface area contributed by atoms with Gasteiger partial charge in [-0.25, -0.2) is 4.68 Å². The normalized spacial score (nSPS) is 12.0. The van der Waals surface area contributed by atoms with Crippen molar-refractivity contribution < 1.29 is 9.66 Å². The molecule has 0 aliphatic heterocycles. The second-order valence-corrected chi connectivity index (χ2v) is 12.1. The fourth-order valence-corrected chi connectivity index (χ4v) is 2.98. The van der Waals surface area contributed by atoms with Gasteiger partial charge in [-0.2, -0.15) is 5.10 Å². The van der Waals surface area contributed by atoms with E-state index in [2.05, 4.69) is 40.7 Å². The van der Waals surface area contributed by atoms with Gasteiger partial charge in [0, 0.05) is 17.7 Å². The maximum absolute atomic E-state index is 11.0. The van der Waals surface area contributed by atoms with Crippen LogP contribution in [0, 0.1) is 10.1 Å². The molecule has 1 aromatic heterocycles. The first kappa shape index (κ1) is 15.1. The number of hydrogen-bond acceptors (Lipinski definition) is 4. The van der Waals surface area contributed by atoms with Crippen LogP contribution in [0.2, 0.25) is 19.6 Å². The monoisotopic (exact) mass is 357 g/mol. The van der Waals surface area contributed by atoms with Gasteiger partial charge in [-0.3, -0.25) is 10.1 Å². The molecule has 2 aromatic rings. The van der Waals surface area contributed by atoms with Crippen LogP contribution < -0.4 is 0 Å². The lowest BCUT2D eigenvalue weighted by molar-refractivity contribution is -0.385. The van der Waals surface area contributed by atoms with Crippen LogP contribution in [0.5, 0.6) is 0 Å². The number of benzene rings is 1. The Bertz CT molecular complexity index is 651. The summed E-state index contributed by atoms with van der Waals surface area (Å²) in [5, 5.41) is 16.0. The van der Waals surface area contributed by atoms with Gasteiger partial charge in [-0.15, -0.1) is 0 Å². The van der Waals surface area contributed by atoms with Gasteiger partial charge in [-0.05, 0) is 22.0 Å². The summed E-state index contributed by atoms with van der Waals surface area (Å²) in [6.45, 7) is 6.97. The minimum atomic E-state index is -1.27. The van der Waals surface area contributed by atoms with Crippen LogP contribution in [-0.4, -0.2) is 29.0 Å². The van der Waals surface area contributed by atoms with Crippen LogP contribution in [0.4, 0.5) is 5.69 Å². The molecule has 8 heteroatoms. The third kappa shape index (κ3) is 3.44. The van der Waals surface area contributed by atoms with Crippen molar-refractivity contribution in [3.8, 4) is 0 Å². The number of rotatable bonds is 5. The summed E-state index contributed by atoms with van der Waals surface area (Å²) in [7, 11) is -1.27. The smallest absolute Gasteiger partial charge is 0.285 e. The molecule has 0 N–H and O–H groups in total. The van der Waals surface area contributed by atoms with E-state index in [4.69, 9.17) is 4.74 Å². The van der Waals surface area contributed by atoms with E-state index in [0.29, 0.717) is 16.7 Å². The minimum Gasteiger partial charge on any atom is -0.363 e. The number of hydrogen-bond donors (Lipinski definition) is 0. The molecule has 0 bridgehead atoms. The SMILES string of the molecule is C[Si](C)(C)COCn1ncc2cc(Br)c([N+](=O)[O-])cc21. The van der Waals surface area contributed by atoms with Gasteiger partial charge in [0.25, 0.3) is 5.69 Å². The van der Waals surface area contributed by atoms with Gasteiger partial charge in [0.2, 0.25) is 0 Å². The number of nitrogens with zero attached hydrogens (tertiary/aromatic N) is 3. The van der Waals surface area contributed by atoms with Crippen molar-refractivity contribution in [3.63, 3.8) is 0 Å². The van der Waals surface area contributed by atoms with E-state index in [1.165, 1.54) is 6.07 Å². The lowest BCUT2D eigenvalue weighted by atomic mass is 10.2. The van der Waals surface area contributed by atoms with E-state index in [-0.39, 0.29) is 5.69 Å². The van der Waals surface area contributed by atoms with E-state index in [1.807, 2.05) is 0 Å². The summed E-state index contributed by atoms with van der Waals surface area (Å²) in [6, 6.07) is 3.22. The highest BCUT2D eigenvalue weighted by atomic mass is 79.9. The zero-order chi connectivity index (χ0) is 14.9. The van der Waals surface area contributed by atoms with Gasteiger partial charge in [0.05, 0.1) is 29.2 Å². The van der Waals surface area contributed by atoms with Crippen LogP contribution >= 0.6 is 15.9 Å². The van der Waals surface area contributed by atoms with Crippen molar-refractivity contribution in [2.45, 2.75) is 26.4 Å². The number of ether oxygens (including phenoxy) is 1. The molecule has 6 nitrogen and oxygen atoms in total. The minimum absolute atomic E-state index is 0.0319. The quantitative estimate of drug-likeness (QED) is 0.466. The maximum Gasteiger partial charge on any atom is 0.285 e. The largest absolute Gasteiger partial charge is 0.363 e. The first-order valence-electron chi connectivity index (χ1n) is 6.15. The molecule has 0 saturated heterocycles. The van der Waals surface area contributed by atoms with Crippen molar-refractivity contribution in [1.82, 2.24) is 9.78 Å². The van der Waals surface area contributed by atoms with Crippen LogP contribution in [0.15, 0.2) is 22.8 Å². The van der Waals surface area contributed by atoms with Gasteiger partial charge in [0.15, 0.2) is 0 Å². The number of aromatic nitrogens is 2. The Labute approximate surface area is 126 Å². The average molecular weight is 358 g/mol. The molecule has 0 saturated carbocycles. The molecular formula is C12H16BrN3O3Si. The van der Waals surface area contributed by atoms with Crippen LogP contribution in [0.3, 0.4) is 0 Å². The predicted molar refractivity (Wildman–Crippen MR) is 83.4 cm³/mol. The highest BCUT2D eigenvalue weighted by Crippen LogP contribution is 2.30. The predicted octanol–water partition coefficient (Wildman–Crippen LogP) is 3.56. The Kier molecular flexibility index (Phi) is 4.26. The molecule has 0 aliphatic rings. The number of nitro benzene ring substituents is 1. The van der Waals surface area contributed by atoms with Gasteiger partial charge >= 0.3 is 0 Å². The van der Waals surface area contributed by atoms with E-state index >= 15 is 0 Å². The number of fused-ring (bicyclic) bond motifs is 1. The molecule has 0 unspecified atom stereocenters. The Morgan fingerprint density at radius 1 is 1.45 bits per heavy atom. The van der Waals surface area contributed by atoms with Crippen molar-refractivity contribution in [1.29, 1.82) is 0 Å². The summed E-state index contributed by atoms with van der Waals surface area (Å²) >= 11 is 3.20. The molecule has 0 aliphatic carbocycles. The van der Waals surface area contributed by atoms with Crippen molar-refractivity contribution >= 4 is 40.6 Å². The van der Waals surface area contributed by atoms with Crippen molar-refractivity contribution in [2.75, 3.05) is 6.23 Å². The van der Waals surface area contributed by atoms with Gasteiger partial charge in [-0.1, -0.05) is 19.6 Å². The standard InChI is InChI=1S/C12H16BrN3O3Si/c1-20(2,3)8-19-7-15-11-5-12(16(17)18)10(13)4-9(11)6-14-15/h4-6H,7-8H2,1-3H3. The Hall–Kier alpha value is -1.25. The summed E-state index contributed by atoms with van der Waals surface area (Å²) < 4.78 is 7.77. The maximum atomic E-state index is 11.0. The summed E-state index contributed by atoms with van der Waals surface area (Å²) in [4.78, 5) is 10.6. The molecule has 0 atom stereocenters. The lowest BCUT2D eigenvalue weighted by Crippen LogP contribution is -2.28. The third-order valence-corrected chi connectivity index (χ3v) is 4.36. The van der Waals surface area contributed by atoms with E-state index < -0.39 is 13.0 Å². The molecule has 1 aromatic carbocycles. The summed E-state index contributed by atoms with van der Waals surface area (Å²) in [6.07, 6.45) is 2.41. The number of halogens is 1.